The monoisotopic (exact) mass is 266 g/mol. The van der Waals surface area contributed by atoms with E-state index >= 15 is 0 Å². The fourth-order valence-electron chi connectivity index (χ4n) is 3.22. The third kappa shape index (κ3) is 3.93. The number of rotatable bonds is 4. The molecule has 2 aliphatic heterocycles. The second kappa shape index (κ2) is 6.23. The summed E-state index contributed by atoms with van der Waals surface area (Å²) in [6.45, 7) is 4.00. The molecule has 108 valence electrons. The topological polar surface area (TPSA) is 41.6 Å². The number of carbonyl (C=O) groups excluding carboxylic acids is 1. The first-order chi connectivity index (χ1) is 9.31. The summed E-state index contributed by atoms with van der Waals surface area (Å²) < 4.78 is 5.81. The number of nitrogens with zero attached hydrogens (tertiary/aromatic N) is 1. The van der Waals surface area contributed by atoms with Gasteiger partial charge >= 0.3 is 0 Å². The van der Waals surface area contributed by atoms with Crippen LogP contribution < -0.4 is 5.32 Å². The van der Waals surface area contributed by atoms with Gasteiger partial charge in [0.05, 0.1) is 12.0 Å². The largest absolute Gasteiger partial charge is 0.377 e. The van der Waals surface area contributed by atoms with Gasteiger partial charge in [0, 0.05) is 25.7 Å². The highest BCUT2D eigenvalue weighted by atomic mass is 16.5. The van der Waals surface area contributed by atoms with E-state index in [1.54, 1.807) is 0 Å². The molecule has 0 bridgehead atoms. The van der Waals surface area contributed by atoms with E-state index in [9.17, 15) is 4.79 Å². The van der Waals surface area contributed by atoms with Crippen molar-refractivity contribution in [2.75, 3.05) is 26.2 Å². The Hall–Kier alpha value is -0.610. The number of piperidine rings is 1. The molecule has 2 saturated heterocycles. The minimum Gasteiger partial charge on any atom is -0.377 e. The molecule has 0 aromatic carbocycles. The number of ether oxygens (including phenoxy) is 1. The van der Waals surface area contributed by atoms with Gasteiger partial charge in [-0.25, -0.2) is 0 Å². The molecule has 4 nitrogen and oxygen atoms in total. The van der Waals surface area contributed by atoms with Gasteiger partial charge in [-0.2, -0.15) is 0 Å². The molecule has 0 aromatic rings. The first-order valence-electron chi connectivity index (χ1n) is 7.95. The fraction of sp³-hybridized carbons (Fsp3) is 0.933. The molecule has 19 heavy (non-hydrogen) atoms. The van der Waals surface area contributed by atoms with Crippen molar-refractivity contribution in [2.45, 2.75) is 57.1 Å². The summed E-state index contributed by atoms with van der Waals surface area (Å²) in [6, 6.07) is 0.490. The van der Waals surface area contributed by atoms with Crippen LogP contribution in [-0.4, -0.2) is 49.2 Å². The Balaban J connectivity index is 1.45. The summed E-state index contributed by atoms with van der Waals surface area (Å²) in [5, 5.41) is 3.15. The molecule has 1 amide bonds. The molecule has 2 heterocycles. The fourth-order valence-corrected chi connectivity index (χ4v) is 3.22. The van der Waals surface area contributed by atoms with Crippen molar-refractivity contribution in [1.82, 2.24) is 10.2 Å². The van der Waals surface area contributed by atoms with Crippen LogP contribution in [0.5, 0.6) is 0 Å². The Morgan fingerprint density at radius 3 is 2.79 bits per heavy atom. The van der Waals surface area contributed by atoms with Crippen molar-refractivity contribution in [2.24, 2.45) is 5.92 Å². The third-order valence-electron chi connectivity index (χ3n) is 4.54. The van der Waals surface area contributed by atoms with Gasteiger partial charge in [0.15, 0.2) is 0 Å². The maximum atomic E-state index is 12.1. The van der Waals surface area contributed by atoms with Gasteiger partial charge in [0.25, 0.3) is 0 Å². The number of hydrogen-bond acceptors (Lipinski definition) is 3. The van der Waals surface area contributed by atoms with E-state index in [1.807, 2.05) is 0 Å². The Morgan fingerprint density at radius 2 is 2.05 bits per heavy atom. The zero-order valence-electron chi connectivity index (χ0n) is 11.8. The molecule has 3 fully saturated rings. The molecule has 1 saturated carbocycles. The van der Waals surface area contributed by atoms with E-state index in [2.05, 4.69) is 10.2 Å². The SMILES string of the molecule is O=C(NC1CC1)[C@H]1CCCN(C[C@H]2CCCCO2)C1. The second-order valence-corrected chi connectivity index (χ2v) is 6.37. The van der Waals surface area contributed by atoms with Crippen molar-refractivity contribution in [3.8, 4) is 0 Å². The molecule has 4 heteroatoms. The Labute approximate surface area is 115 Å². The van der Waals surface area contributed by atoms with Crippen LogP contribution in [0.25, 0.3) is 0 Å². The van der Waals surface area contributed by atoms with Crippen molar-refractivity contribution in [3.05, 3.63) is 0 Å². The molecule has 0 radical (unpaired) electrons. The molecule has 1 N–H and O–H groups in total. The van der Waals surface area contributed by atoms with Crippen LogP contribution in [0.4, 0.5) is 0 Å². The zero-order chi connectivity index (χ0) is 13.1. The van der Waals surface area contributed by atoms with E-state index < -0.39 is 0 Å². The van der Waals surface area contributed by atoms with Crippen LogP contribution in [-0.2, 0) is 9.53 Å². The number of likely N-dealkylation sites (tertiary alicyclic amines) is 1. The summed E-state index contributed by atoms with van der Waals surface area (Å²) in [4.78, 5) is 14.6. The van der Waals surface area contributed by atoms with Crippen molar-refractivity contribution >= 4 is 5.91 Å². The molecule has 0 aromatic heterocycles. The van der Waals surface area contributed by atoms with Crippen LogP contribution in [0.1, 0.15) is 44.9 Å². The van der Waals surface area contributed by atoms with E-state index in [0.29, 0.717) is 12.1 Å². The van der Waals surface area contributed by atoms with Gasteiger partial charge in [-0.15, -0.1) is 0 Å². The van der Waals surface area contributed by atoms with Crippen LogP contribution in [0.3, 0.4) is 0 Å². The quantitative estimate of drug-likeness (QED) is 0.839. The Kier molecular flexibility index (Phi) is 4.38. The minimum atomic E-state index is 0.206. The number of amides is 1. The Bertz CT molecular complexity index is 311. The van der Waals surface area contributed by atoms with E-state index in [1.165, 1.54) is 32.1 Å². The molecule has 3 aliphatic rings. The lowest BCUT2D eigenvalue weighted by Gasteiger charge is -2.35. The van der Waals surface area contributed by atoms with Crippen molar-refractivity contribution in [1.29, 1.82) is 0 Å². The third-order valence-corrected chi connectivity index (χ3v) is 4.54. The van der Waals surface area contributed by atoms with Crippen LogP contribution in [0, 0.1) is 5.92 Å². The van der Waals surface area contributed by atoms with Gasteiger partial charge in [0.1, 0.15) is 0 Å². The van der Waals surface area contributed by atoms with Crippen LogP contribution >= 0.6 is 0 Å². The highest BCUT2D eigenvalue weighted by Gasteiger charge is 2.31. The lowest BCUT2D eigenvalue weighted by atomic mass is 9.96. The number of hydrogen-bond donors (Lipinski definition) is 1. The molecule has 0 unspecified atom stereocenters. The summed E-state index contributed by atoms with van der Waals surface area (Å²) in [5.41, 5.74) is 0. The Morgan fingerprint density at radius 1 is 1.16 bits per heavy atom. The summed E-state index contributed by atoms with van der Waals surface area (Å²) in [7, 11) is 0. The van der Waals surface area contributed by atoms with Crippen molar-refractivity contribution < 1.29 is 9.53 Å². The first-order valence-corrected chi connectivity index (χ1v) is 7.95. The lowest BCUT2D eigenvalue weighted by molar-refractivity contribution is -0.127. The zero-order valence-corrected chi connectivity index (χ0v) is 11.8. The number of nitrogens with one attached hydrogen (secondary N) is 1. The average Bonchev–Trinajstić information content (AvgIpc) is 3.24. The van der Waals surface area contributed by atoms with Gasteiger partial charge in [-0.1, -0.05) is 0 Å². The molecular weight excluding hydrogens is 240 g/mol. The summed E-state index contributed by atoms with van der Waals surface area (Å²) in [5.74, 6) is 0.495. The highest BCUT2D eigenvalue weighted by Crippen LogP contribution is 2.23. The first kappa shape index (κ1) is 13.4. The summed E-state index contributed by atoms with van der Waals surface area (Å²) >= 11 is 0. The van der Waals surface area contributed by atoms with E-state index in [-0.39, 0.29) is 11.8 Å². The molecule has 1 aliphatic carbocycles. The highest BCUT2D eigenvalue weighted by molar-refractivity contribution is 5.79. The molecule has 2 atom stereocenters. The van der Waals surface area contributed by atoms with Gasteiger partial charge in [-0.3, -0.25) is 9.69 Å². The molecular formula is C15H26N2O2. The predicted octanol–water partition coefficient (Wildman–Crippen LogP) is 1.55. The average molecular weight is 266 g/mol. The second-order valence-electron chi connectivity index (χ2n) is 6.37. The van der Waals surface area contributed by atoms with Gasteiger partial charge in [0.2, 0.25) is 5.91 Å². The molecule has 0 spiro atoms. The maximum absolute atomic E-state index is 12.1. The maximum Gasteiger partial charge on any atom is 0.224 e. The van der Waals surface area contributed by atoms with E-state index in [4.69, 9.17) is 4.74 Å². The molecule has 3 rings (SSSR count). The van der Waals surface area contributed by atoms with Gasteiger partial charge in [-0.05, 0) is 51.5 Å². The number of carbonyl (C=O) groups is 1. The van der Waals surface area contributed by atoms with Crippen molar-refractivity contribution in [3.63, 3.8) is 0 Å². The predicted molar refractivity (Wildman–Crippen MR) is 73.9 cm³/mol. The lowest BCUT2D eigenvalue weighted by Crippen LogP contribution is -2.46. The summed E-state index contributed by atoms with van der Waals surface area (Å²) in [6.07, 6.45) is 8.66. The normalized spacial score (nSPS) is 33.1. The van der Waals surface area contributed by atoms with Crippen LogP contribution in [0.2, 0.25) is 0 Å². The standard InChI is InChI=1S/C15H26N2O2/c18-15(16-13-6-7-13)12-4-3-8-17(10-12)11-14-5-1-2-9-19-14/h12-14H,1-11H2,(H,16,18)/t12-,14+/m0/s1. The van der Waals surface area contributed by atoms with Gasteiger partial charge < -0.3 is 10.1 Å². The van der Waals surface area contributed by atoms with Crippen LogP contribution in [0.15, 0.2) is 0 Å². The minimum absolute atomic E-state index is 0.206. The van der Waals surface area contributed by atoms with E-state index in [0.717, 1.165) is 39.1 Å². The smallest absolute Gasteiger partial charge is 0.224 e.